The molecule has 0 fully saturated rings. The van der Waals surface area contributed by atoms with E-state index in [1.807, 2.05) is 6.92 Å². The molecule has 0 radical (unpaired) electrons. The summed E-state index contributed by atoms with van der Waals surface area (Å²) in [4.78, 5) is 12.8. The fourth-order valence-corrected chi connectivity index (χ4v) is 3.04. The van der Waals surface area contributed by atoms with Crippen LogP contribution in [0.1, 0.15) is 12.5 Å². The Morgan fingerprint density at radius 1 is 1.13 bits per heavy atom. The van der Waals surface area contributed by atoms with Gasteiger partial charge in [-0.3, -0.25) is 9.52 Å². The number of nitrogens with one attached hydrogen (secondary N) is 1. The molecule has 0 bridgehead atoms. The summed E-state index contributed by atoms with van der Waals surface area (Å²) in [5.74, 6) is -0.903. The fourth-order valence-electron chi connectivity index (χ4n) is 1.97. The van der Waals surface area contributed by atoms with Crippen molar-refractivity contribution >= 4 is 27.3 Å². The van der Waals surface area contributed by atoms with E-state index in [-0.39, 0.29) is 22.2 Å². The number of benzene rings is 2. The first-order valence-corrected chi connectivity index (χ1v) is 8.32. The number of hydrogen-bond donors (Lipinski definition) is 1. The van der Waals surface area contributed by atoms with E-state index >= 15 is 0 Å². The standard InChI is InChI=1S/C16H17FN2O3S/c1-11-4-7-14(8-5-11)23(21,22)18-15-10-13(17)6-9-16(15)19(3)12(2)20/h4-10,18H,1-3H3. The number of sulfonamides is 1. The van der Waals surface area contributed by atoms with Crippen molar-refractivity contribution in [1.29, 1.82) is 0 Å². The van der Waals surface area contributed by atoms with Crippen LogP contribution in [-0.4, -0.2) is 21.4 Å². The van der Waals surface area contributed by atoms with Crippen molar-refractivity contribution in [3.63, 3.8) is 0 Å². The van der Waals surface area contributed by atoms with E-state index in [4.69, 9.17) is 0 Å². The zero-order valence-electron chi connectivity index (χ0n) is 13.0. The van der Waals surface area contributed by atoms with Crippen molar-refractivity contribution in [1.82, 2.24) is 0 Å². The van der Waals surface area contributed by atoms with Crippen molar-refractivity contribution in [2.75, 3.05) is 16.7 Å². The molecule has 0 atom stereocenters. The number of aryl methyl sites for hydroxylation is 1. The summed E-state index contributed by atoms with van der Waals surface area (Å²) >= 11 is 0. The average Bonchev–Trinajstić information content (AvgIpc) is 2.46. The summed E-state index contributed by atoms with van der Waals surface area (Å²) in [6, 6.07) is 9.82. The molecular weight excluding hydrogens is 319 g/mol. The van der Waals surface area contributed by atoms with Crippen LogP contribution in [0, 0.1) is 12.7 Å². The highest BCUT2D eigenvalue weighted by atomic mass is 32.2. The van der Waals surface area contributed by atoms with Gasteiger partial charge in [0.1, 0.15) is 5.82 Å². The maximum Gasteiger partial charge on any atom is 0.261 e. The predicted molar refractivity (Wildman–Crippen MR) is 87.5 cm³/mol. The molecule has 0 saturated heterocycles. The molecule has 0 heterocycles. The van der Waals surface area contributed by atoms with Gasteiger partial charge in [-0.15, -0.1) is 0 Å². The summed E-state index contributed by atoms with van der Waals surface area (Å²) < 4.78 is 40.7. The quantitative estimate of drug-likeness (QED) is 0.933. The molecule has 1 N–H and O–H groups in total. The number of rotatable bonds is 4. The first kappa shape index (κ1) is 17.0. The number of amides is 1. The molecule has 0 aliphatic rings. The normalized spacial score (nSPS) is 11.1. The van der Waals surface area contributed by atoms with E-state index < -0.39 is 15.8 Å². The van der Waals surface area contributed by atoms with Gasteiger partial charge in [-0.25, -0.2) is 12.8 Å². The molecule has 2 aromatic rings. The second-order valence-electron chi connectivity index (χ2n) is 5.16. The zero-order valence-corrected chi connectivity index (χ0v) is 13.8. The Morgan fingerprint density at radius 3 is 2.30 bits per heavy atom. The summed E-state index contributed by atoms with van der Waals surface area (Å²) in [6.07, 6.45) is 0. The van der Waals surface area contributed by atoms with Crippen LogP contribution >= 0.6 is 0 Å². The third-order valence-corrected chi connectivity index (χ3v) is 4.75. The summed E-state index contributed by atoms with van der Waals surface area (Å²) in [5, 5.41) is 0. The van der Waals surface area contributed by atoms with Crippen molar-refractivity contribution in [2.24, 2.45) is 0 Å². The van der Waals surface area contributed by atoms with E-state index in [0.29, 0.717) is 0 Å². The third kappa shape index (κ3) is 3.87. The minimum Gasteiger partial charge on any atom is -0.314 e. The SMILES string of the molecule is CC(=O)N(C)c1ccc(F)cc1NS(=O)(=O)c1ccc(C)cc1. The van der Waals surface area contributed by atoms with Crippen molar-refractivity contribution < 1.29 is 17.6 Å². The summed E-state index contributed by atoms with van der Waals surface area (Å²) in [6.45, 7) is 3.18. The number of hydrogen-bond acceptors (Lipinski definition) is 3. The second-order valence-corrected chi connectivity index (χ2v) is 6.84. The average molecular weight is 336 g/mol. The highest BCUT2D eigenvalue weighted by Crippen LogP contribution is 2.28. The van der Waals surface area contributed by atoms with Gasteiger partial charge in [-0.2, -0.15) is 0 Å². The number of carbonyl (C=O) groups is 1. The third-order valence-electron chi connectivity index (χ3n) is 3.37. The topological polar surface area (TPSA) is 66.5 Å². The van der Waals surface area contributed by atoms with Crippen molar-refractivity contribution in [3.05, 3.63) is 53.8 Å². The highest BCUT2D eigenvalue weighted by Gasteiger charge is 2.19. The molecule has 0 aliphatic carbocycles. The molecule has 2 aromatic carbocycles. The molecule has 2 rings (SSSR count). The van der Waals surface area contributed by atoms with Gasteiger partial charge in [-0.05, 0) is 31.2 Å². The van der Waals surface area contributed by atoms with Crippen LogP contribution in [0.25, 0.3) is 0 Å². The molecule has 0 spiro atoms. The Hall–Kier alpha value is -2.41. The monoisotopic (exact) mass is 336 g/mol. The molecule has 0 saturated carbocycles. The van der Waals surface area contributed by atoms with Crippen LogP contribution in [0.3, 0.4) is 0 Å². The molecular formula is C16H17FN2O3S. The minimum absolute atomic E-state index is 0.00303. The largest absolute Gasteiger partial charge is 0.314 e. The van der Waals surface area contributed by atoms with Gasteiger partial charge in [0.15, 0.2) is 0 Å². The van der Waals surface area contributed by atoms with Gasteiger partial charge in [0.2, 0.25) is 5.91 Å². The fraction of sp³-hybridized carbons (Fsp3) is 0.188. The lowest BCUT2D eigenvalue weighted by Crippen LogP contribution is -2.25. The van der Waals surface area contributed by atoms with Crippen LogP contribution in [-0.2, 0) is 14.8 Å². The van der Waals surface area contributed by atoms with Crippen LogP contribution < -0.4 is 9.62 Å². The van der Waals surface area contributed by atoms with Crippen molar-refractivity contribution in [3.8, 4) is 0 Å². The van der Waals surface area contributed by atoms with Crippen LogP contribution in [0.4, 0.5) is 15.8 Å². The maximum absolute atomic E-state index is 13.5. The number of anilines is 2. The predicted octanol–water partition coefficient (Wildman–Crippen LogP) is 2.92. The first-order valence-electron chi connectivity index (χ1n) is 6.84. The Bertz CT molecular complexity index is 833. The van der Waals surface area contributed by atoms with Gasteiger partial charge < -0.3 is 4.90 Å². The van der Waals surface area contributed by atoms with E-state index in [2.05, 4.69) is 4.72 Å². The van der Waals surface area contributed by atoms with Gasteiger partial charge in [-0.1, -0.05) is 17.7 Å². The Labute approximate surface area is 134 Å². The van der Waals surface area contributed by atoms with E-state index in [9.17, 15) is 17.6 Å². The highest BCUT2D eigenvalue weighted by molar-refractivity contribution is 7.92. The lowest BCUT2D eigenvalue weighted by molar-refractivity contribution is -0.116. The van der Waals surface area contributed by atoms with Gasteiger partial charge in [0.25, 0.3) is 10.0 Å². The van der Waals surface area contributed by atoms with Gasteiger partial charge >= 0.3 is 0 Å². The summed E-state index contributed by atoms with van der Waals surface area (Å²) in [5.41, 5.74) is 1.20. The Kier molecular flexibility index (Phi) is 4.70. The second kappa shape index (κ2) is 6.37. The van der Waals surface area contributed by atoms with E-state index in [1.165, 1.54) is 43.1 Å². The van der Waals surface area contributed by atoms with Crippen molar-refractivity contribution in [2.45, 2.75) is 18.7 Å². The lowest BCUT2D eigenvalue weighted by atomic mass is 10.2. The minimum atomic E-state index is -3.88. The summed E-state index contributed by atoms with van der Waals surface area (Å²) in [7, 11) is -2.40. The smallest absolute Gasteiger partial charge is 0.261 e. The number of nitrogens with zero attached hydrogens (tertiary/aromatic N) is 1. The molecule has 5 nitrogen and oxygen atoms in total. The molecule has 0 unspecified atom stereocenters. The number of carbonyl (C=O) groups excluding carboxylic acids is 1. The van der Waals surface area contributed by atoms with Gasteiger partial charge in [0.05, 0.1) is 16.3 Å². The first-order chi connectivity index (χ1) is 10.7. The molecule has 23 heavy (non-hydrogen) atoms. The van der Waals surface area contributed by atoms with E-state index in [1.54, 1.807) is 12.1 Å². The molecule has 0 aromatic heterocycles. The Morgan fingerprint density at radius 2 is 1.74 bits per heavy atom. The number of halogens is 1. The molecule has 1 amide bonds. The Balaban J connectivity index is 2.44. The maximum atomic E-state index is 13.5. The zero-order chi connectivity index (χ0) is 17.2. The molecule has 122 valence electrons. The van der Waals surface area contributed by atoms with Gasteiger partial charge in [0, 0.05) is 20.0 Å². The van der Waals surface area contributed by atoms with Crippen LogP contribution in [0.2, 0.25) is 0 Å². The van der Waals surface area contributed by atoms with Crippen LogP contribution in [0.15, 0.2) is 47.4 Å². The molecule has 0 aliphatic heterocycles. The van der Waals surface area contributed by atoms with E-state index in [0.717, 1.165) is 11.6 Å². The molecule has 7 heteroatoms. The lowest BCUT2D eigenvalue weighted by Gasteiger charge is -2.20. The van der Waals surface area contributed by atoms with Crippen LogP contribution in [0.5, 0.6) is 0 Å².